The van der Waals surface area contributed by atoms with Gasteiger partial charge in [-0.3, -0.25) is 0 Å². The Labute approximate surface area is 150 Å². The average molecular weight is 411 g/mol. The first-order valence-electron chi connectivity index (χ1n) is 6.26. The van der Waals surface area contributed by atoms with E-state index >= 15 is 0 Å². The van der Waals surface area contributed by atoms with Crippen LogP contribution < -0.4 is 0 Å². The molecular formula is C13H31BBrN3Zr. The van der Waals surface area contributed by atoms with Crippen molar-refractivity contribution in [1.29, 1.82) is 0 Å². The zero-order valence-electron chi connectivity index (χ0n) is 13.8. The molecule has 112 valence electrons. The molecule has 0 aromatic rings. The minimum Gasteiger partial charge on any atom is -0.689 e. The van der Waals surface area contributed by atoms with Crippen molar-refractivity contribution >= 4 is 22.8 Å². The Morgan fingerprint density at radius 1 is 1.05 bits per heavy atom. The molecule has 0 aromatic heterocycles. The van der Waals surface area contributed by atoms with E-state index in [-0.39, 0.29) is 33.6 Å². The van der Waals surface area contributed by atoms with Crippen molar-refractivity contribution in [3.63, 3.8) is 0 Å². The summed E-state index contributed by atoms with van der Waals surface area (Å²) >= 11 is 3.72. The molecule has 1 aliphatic rings. The van der Waals surface area contributed by atoms with Gasteiger partial charge >= 0.3 is 26.2 Å². The molecule has 0 aliphatic heterocycles. The summed E-state index contributed by atoms with van der Waals surface area (Å²) in [5, 5.41) is 11.3. The fourth-order valence-electron chi connectivity index (χ4n) is 1.80. The molecule has 0 spiro atoms. The van der Waals surface area contributed by atoms with Gasteiger partial charge in [-0.05, 0) is 12.3 Å². The third-order valence-corrected chi connectivity index (χ3v) is 3.86. The van der Waals surface area contributed by atoms with Gasteiger partial charge in [-0.25, -0.2) is 0 Å². The molecule has 0 amide bonds. The topological polar surface area (TPSA) is 42.3 Å². The number of nitrogens with zero attached hydrogens (tertiary/aromatic N) is 3. The zero-order chi connectivity index (χ0) is 13.7. The summed E-state index contributed by atoms with van der Waals surface area (Å²) in [6, 6.07) is 0. The van der Waals surface area contributed by atoms with Crippen molar-refractivity contribution in [3.8, 4) is 0 Å². The second-order valence-electron chi connectivity index (χ2n) is 4.44. The second kappa shape index (κ2) is 21.6. The number of rotatable bonds is 3. The van der Waals surface area contributed by atoms with Gasteiger partial charge in [0.25, 0.3) is 0 Å². The number of hydrogen-bond donors (Lipinski definition) is 0. The van der Waals surface area contributed by atoms with Gasteiger partial charge < -0.3 is 23.3 Å². The van der Waals surface area contributed by atoms with Crippen LogP contribution in [0.25, 0.3) is 15.9 Å². The predicted molar refractivity (Wildman–Crippen MR) is 92.6 cm³/mol. The van der Waals surface area contributed by atoms with Crippen molar-refractivity contribution in [3.05, 3.63) is 23.3 Å². The van der Waals surface area contributed by atoms with Gasteiger partial charge in [0.05, 0.1) is 0 Å². The summed E-state index contributed by atoms with van der Waals surface area (Å²) in [5.74, 6) is 0.883. The standard InChI is InChI=1S/C8H16BBrN.2C2H6N.CH3.Zr/c1-9(11-2)6-7-4-3-5-8(7)10;2*1-3-2;;/h7-8H,3-6H2,1-2H3;2*1-2H3;1H3;/q4*-1;+4. The van der Waals surface area contributed by atoms with Crippen molar-refractivity contribution in [2.75, 3.05) is 35.2 Å². The van der Waals surface area contributed by atoms with E-state index in [0.29, 0.717) is 6.85 Å². The Kier molecular flexibility index (Phi) is 32.4. The van der Waals surface area contributed by atoms with Gasteiger partial charge in [-0.2, -0.15) is 35.2 Å². The van der Waals surface area contributed by atoms with Crippen LogP contribution in [0, 0.1) is 13.3 Å². The van der Waals surface area contributed by atoms with E-state index in [4.69, 9.17) is 0 Å². The van der Waals surface area contributed by atoms with Gasteiger partial charge in [0, 0.05) is 11.7 Å². The molecule has 1 rings (SSSR count). The summed E-state index contributed by atoms with van der Waals surface area (Å²) in [6.45, 7) is 2.76. The Morgan fingerprint density at radius 2 is 1.47 bits per heavy atom. The first-order valence-corrected chi connectivity index (χ1v) is 7.17. The molecule has 1 aliphatic carbocycles. The molecule has 0 saturated heterocycles. The van der Waals surface area contributed by atoms with E-state index in [1.807, 2.05) is 7.05 Å². The molecular weight excluding hydrogens is 380 g/mol. The van der Waals surface area contributed by atoms with Crippen LogP contribution in [0.4, 0.5) is 0 Å². The number of hydrogen-bond acceptors (Lipinski definition) is 0. The molecule has 0 aromatic carbocycles. The molecule has 1 fully saturated rings. The third kappa shape index (κ3) is 19.3. The summed E-state index contributed by atoms with van der Waals surface area (Å²) < 4.78 is 0. The van der Waals surface area contributed by atoms with Crippen LogP contribution in [0.3, 0.4) is 0 Å². The van der Waals surface area contributed by atoms with Gasteiger partial charge in [0.15, 0.2) is 0 Å². The van der Waals surface area contributed by atoms with Crippen LogP contribution in [0.15, 0.2) is 0 Å². The minimum atomic E-state index is 0. The molecule has 2 atom stereocenters. The Balaban J connectivity index is -0.000000122. The third-order valence-electron chi connectivity index (χ3n) is 2.65. The zero-order valence-corrected chi connectivity index (χ0v) is 17.8. The molecule has 2 unspecified atom stereocenters. The quantitative estimate of drug-likeness (QED) is 0.362. The largest absolute Gasteiger partial charge is 4.00 e. The van der Waals surface area contributed by atoms with E-state index in [0.717, 1.165) is 10.7 Å². The normalized spacial score (nSPS) is 19.7. The molecule has 6 heteroatoms. The number of halogens is 1. The van der Waals surface area contributed by atoms with E-state index in [9.17, 15) is 0 Å². The Morgan fingerprint density at radius 3 is 1.74 bits per heavy atom. The SMILES string of the molecule is C[N-]B(C)CC1CCCC1Br.C[N-]C.C[N-]C.[CH3-].[Zr+4]. The van der Waals surface area contributed by atoms with E-state index < -0.39 is 0 Å². The maximum atomic E-state index is 4.27. The second-order valence-corrected chi connectivity index (χ2v) is 5.62. The van der Waals surface area contributed by atoms with Crippen molar-refractivity contribution in [2.45, 2.75) is 37.2 Å². The fourth-order valence-corrected chi connectivity index (χ4v) is 2.60. The molecule has 3 nitrogen and oxygen atoms in total. The van der Waals surface area contributed by atoms with Gasteiger partial charge in [-0.15, -0.1) is 6.82 Å². The van der Waals surface area contributed by atoms with Gasteiger partial charge in [0.1, 0.15) is 0 Å². The van der Waals surface area contributed by atoms with Crippen LogP contribution in [-0.2, 0) is 26.2 Å². The Hall–Kier alpha value is 1.31. The number of alkyl halides is 1. The van der Waals surface area contributed by atoms with E-state index in [1.54, 1.807) is 28.2 Å². The first kappa shape index (κ1) is 28.5. The minimum absolute atomic E-state index is 0. The van der Waals surface area contributed by atoms with Gasteiger partial charge in [-0.1, -0.05) is 35.1 Å². The molecule has 19 heavy (non-hydrogen) atoms. The van der Waals surface area contributed by atoms with E-state index in [2.05, 4.69) is 38.6 Å². The van der Waals surface area contributed by atoms with Crippen molar-refractivity contribution in [1.82, 2.24) is 0 Å². The molecule has 0 radical (unpaired) electrons. The van der Waals surface area contributed by atoms with Crippen LogP contribution in [0.2, 0.25) is 13.1 Å². The fraction of sp³-hybridized carbons (Fsp3) is 0.923. The smallest absolute Gasteiger partial charge is 0.689 e. The maximum Gasteiger partial charge on any atom is 4.00 e. The molecule has 0 N–H and O–H groups in total. The maximum absolute atomic E-state index is 4.27. The molecule has 0 bridgehead atoms. The predicted octanol–water partition coefficient (Wildman–Crippen LogP) is 4.86. The summed E-state index contributed by atoms with van der Waals surface area (Å²) in [4.78, 5) is 0.770. The van der Waals surface area contributed by atoms with Crippen LogP contribution in [0.1, 0.15) is 19.3 Å². The van der Waals surface area contributed by atoms with Crippen LogP contribution in [-0.4, -0.2) is 46.9 Å². The monoisotopic (exact) mass is 409 g/mol. The van der Waals surface area contributed by atoms with Crippen molar-refractivity contribution in [2.24, 2.45) is 5.92 Å². The van der Waals surface area contributed by atoms with Gasteiger partial charge in [0.2, 0.25) is 0 Å². The molecule has 0 heterocycles. The average Bonchev–Trinajstić information content (AvgIpc) is 2.66. The van der Waals surface area contributed by atoms with Crippen molar-refractivity contribution < 1.29 is 26.2 Å². The molecule has 1 saturated carbocycles. The first-order chi connectivity index (χ1) is 8.06. The summed E-state index contributed by atoms with van der Waals surface area (Å²) in [7, 11) is 8.92. The van der Waals surface area contributed by atoms with E-state index in [1.165, 1.54) is 25.6 Å². The summed E-state index contributed by atoms with van der Waals surface area (Å²) in [5.41, 5.74) is 0. The van der Waals surface area contributed by atoms with Crippen LogP contribution >= 0.6 is 15.9 Å². The Bertz CT molecular complexity index is 154. The summed E-state index contributed by atoms with van der Waals surface area (Å²) in [6.07, 6.45) is 5.43. The van der Waals surface area contributed by atoms with Crippen LogP contribution in [0.5, 0.6) is 0 Å².